The molecule has 1 heterocycles. The Bertz CT molecular complexity index is 907. The summed E-state index contributed by atoms with van der Waals surface area (Å²) >= 11 is 0. The van der Waals surface area contributed by atoms with Crippen LogP contribution in [0.5, 0.6) is 0 Å². The molecule has 0 spiro atoms. The first kappa shape index (κ1) is 11.4. The van der Waals surface area contributed by atoms with E-state index in [4.69, 9.17) is 12.3 Å². The van der Waals surface area contributed by atoms with Crippen LogP contribution in [0.3, 0.4) is 0 Å². The molecule has 20 heavy (non-hydrogen) atoms. The molecular formula is C18H11BO. The lowest BCUT2D eigenvalue weighted by Crippen LogP contribution is -1.98. The number of hydrogen-bond acceptors (Lipinski definition) is 1. The van der Waals surface area contributed by atoms with Gasteiger partial charge in [-0.3, -0.25) is 0 Å². The Labute approximate surface area is 118 Å². The van der Waals surface area contributed by atoms with Gasteiger partial charge in [-0.25, -0.2) is 0 Å². The third kappa shape index (κ3) is 1.73. The Morgan fingerprint density at radius 2 is 1.35 bits per heavy atom. The zero-order valence-electron chi connectivity index (χ0n) is 10.8. The molecule has 0 fully saturated rings. The lowest BCUT2D eigenvalue weighted by molar-refractivity contribution is 0.669. The number of fused-ring (bicyclic) bond motifs is 3. The maximum Gasteiger partial charge on any atom is 0.135 e. The summed E-state index contributed by atoms with van der Waals surface area (Å²) in [5.74, 6) is 0. The second kappa shape index (κ2) is 4.27. The molecule has 1 aromatic heterocycles. The van der Waals surface area contributed by atoms with Crippen LogP contribution in [0.1, 0.15) is 0 Å². The van der Waals surface area contributed by atoms with E-state index in [1.807, 2.05) is 42.5 Å². The normalized spacial score (nSPS) is 11.2. The molecule has 4 aromatic rings. The first-order valence-electron chi connectivity index (χ1n) is 6.58. The molecule has 4 rings (SSSR count). The fourth-order valence-electron chi connectivity index (χ4n) is 2.61. The SMILES string of the molecule is [B]c1ccc2oc3ccc(-c4ccccc4)cc3c2c1. The topological polar surface area (TPSA) is 13.1 Å². The summed E-state index contributed by atoms with van der Waals surface area (Å²) in [5.41, 5.74) is 4.91. The first-order valence-corrected chi connectivity index (χ1v) is 6.58. The average molecular weight is 254 g/mol. The fourth-order valence-corrected chi connectivity index (χ4v) is 2.61. The minimum Gasteiger partial charge on any atom is -0.456 e. The molecule has 0 amide bonds. The second-order valence-corrected chi connectivity index (χ2v) is 4.93. The van der Waals surface area contributed by atoms with Crippen molar-refractivity contribution in [2.24, 2.45) is 0 Å². The van der Waals surface area contributed by atoms with Crippen molar-refractivity contribution in [1.82, 2.24) is 0 Å². The van der Waals surface area contributed by atoms with Crippen LogP contribution in [0.4, 0.5) is 0 Å². The highest BCUT2D eigenvalue weighted by molar-refractivity contribution is 6.33. The van der Waals surface area contributed by atoms with Crippen LogP contribution in [0, 0.1) is 0 Å². The zero-order valence-corrected chi connectivity index (χ0v) is 10.8. The van der Waals surface area contributed by atoms with Gasteiger partial charge in [0.25, 0.3) is 0 Å². The highest BCUT2D eigenvalue weighted by atomic mass is 16.3. The highest BCUT2D eigenvalue weighted by Gasteiger charge is 2.08. The van der Waals surface area contributed by atoms with Crippen LogP contribution in [-0.2, 0) is 0 Å². The highest BCUT2D eigenvalue weighted by Crippen LogP contribution is 2.31. The predicted molar refractivity (Wildman–Crippen MR) is 84.5 cm³/mol. The maximum atomic E-state index is 5.88. The molecule has 0 unspecified atom stereocenters. The molecule has 0 atom stereocenters. The first-order chi connectivity index (χ1) is 9.81. The van der Waals surface area contributed by atoms with Gasteiger partial charge in [-0.05, 0) is 29.3 Å². The lowest BCUT2D eigenvalue weighted by Gasteiger charge is -2.01. The van der Waals surface area contributed by atoms with E-state index in [9.17, 15) is 0 Å². The Morgan fingerprint density at radius 3 is 2.15 bits per heavy atom. The monoisotopic (exact) mass is 254 g/mol. The summed E-state index contributed by atoms with van der Waals surface area (Å²) < 4.78 is 5.84. The van der Waals surface area contributed by atoms with Crippen LogP contribution in [0.2, 0.25) is 0 Å². The molecule has 92 valence electrons. The Kier molecular flexibility index (Phi) is 2.43. The van der Waals surface area contributed by atoms with Gasteiger partial charge in [0.2, 0.25) is 0 Å². The Hall–Kier alpha value is -2.48. The van der Waals surface area contributed by atoms with Gasteiger partial charge in [-0.1, -0.05) is 54.0 Å². The summed E-state index contributed by atoms with van der Waals surface area (Å²) in [5, 5.41) is 2.17. The molecule has 0 aliphatic heterocycles. The van der Waals surface area contributed by atoms with Crippen molar-refractivity contribution in [1.29, 1.82) is 0 Å². The van der Waals surface area contributed by atoms with Gasteiger partial charge in [-0.2, -0.15) is 0 Å². The second-order valence-electron chi connectivity index (χ2n) is 4.93. The predicted octanol–water partition coefficient (Wildman–Crippen LogP) is 4.05. The van der Waals surface area contributed by atoms with E-state index in [2.05, 4.69) is 24.3 Å². The summed E-state index contributed by atoms with van der Waals surface area (Å²) in [6.45, 7) is 0. The molecule has 2 radical (unpaired) electrons. The fraction of sp³-hybridized carbons (Fsp3) is 0. The van der Waals surface area contributed by atoms with E-state index in [0.717, 1.165) is 27.4 Å². The van der Waals surface area contributed by atoms with Gasteiger partial charge < -0.3 is 4.42 Å². The van der Waals surface area contributed by atoms with Crippen molar-refractivity contribution in [3.63, 3.8) is 0 Å². The van der Waals surface area contributed by atoms with Crippen LogP contribution in [0.25, 0.3) is 33.1 Å². The van der Waals surface area contributed by atoms with Crippen molar-refractivity contribution < 1.29 is 4.42 Å². The van der Waals surface area contributed by atoms with Gasteiger partial charge in [0.15, 0.2) is 0 Å². The molecule has 1 nitrogen and oxygen atoms in total. The lowest BCUT2D eigenvalue weighted by atomic mass is 9.94. The largest absolute Gasteiger partial charge is 0.456 e. The van der Waals surface area contributed by atoms with Crippen molar-refractivity contribution >= 4 is 35.2 Å². The molecule has 0 N–H and O–H groups in total. The van der Waals surface area contributed by atoms with Crippen molar-refractivity contribution in [3.05, 3.63) is 66.7 Å². The quantitative estimate of drug-likeness (QED) is 0.467. The molecule has 0 saturated carbocycles. The molecule has 0 saturated heterocycles. The zero-order chi connectivity index (χ0) is 13.5. The smallest absolute Gasteiger partial charge is 0.135 e. The van der Waals surface area contributed by atoms with Gasteiger partial charge in [0, 0.05) is 10.8 Å². The van der Waals surface area contributed by atoms with Gasteiger partial charge in [0.05, 0.1) is 0 Å². The summed E-state index contributed by atoms with van der Waals surface area (Å²) in [6, 6.07) is 22.4. The van der Waals surface area contributed by atoms with Crippen LogP contribution >= 0.6 is 0 Å². The molecule has 0 bridgehead atoms. The van der Waals surface area contributed by atoms with E-state index in [0.29, 0.717) is 0 Å². The van der Waals surface area contributed by atoms with Gasteiger partial charge in [-0.15, -0.1) is 0 Å². The Morgan fingerprint density at radius 1 is 0.650 bits per heavy atom. The van der Waals surface area contributed by atoms with E-state index in [1.54, 1.807) is 0 Å². The van der Waals surface area contributed by atoms with E-state index in [-0.39, 0.29) is 0 Å². The molecule has 3 aromatic carbocycles. The number of benzene rings is 3. The number of rotatable bonds is 1. The third-order valence-corrected chi connectivity index (χ3v) is 3.60. The minimum absolute atomic E-state index is 0.755. The van der Waals surface area contributed by atoms with Crippen LogP contribution < -0.4 is 5.46 Å². The average Bonchev–Trinajstić information content (AvgIpc) is 2.85. The van der Waals surface area contributed by atoms with Crippen LogP contribution in [0.15, 0.2) is 71.1 Å². The molecule has 2 heteroatoms. The van der Waals surface area contributed by atoms with Crippen LogP contribution in [-0.4, -0.2) is 7.85 Å². The van der Waals surface area contributed by atoms with E-state index < -0.39 is 0 Å². The summed E-state index contributed by atoms with van der Waals surface area (Å²) in [6.07, 6.45) is 0. The van der Waals surface area contributed by atoms with Crippen molar-refractivity contribution in [2.75, 3.05) is 0 Å². The standard InChI is InChI=1S/C18H11BO/c19-14-7-9-18-16(11-14)15-10-13(6-8-17(15)20-18)12-4-2-1-3-5-12/h1-11H. The molecular weight excluding hydrogens is 243 g/mol. The Balaban J connectivity index is 2.03. The van der Waals surface area contributed by atoms with Gasteiger partial charge >= 0.3 is 0 Å². The van der Waals surface area contributed by atoms with Crippen molar-refractivity contribution in [2.45, 2.75) is 0 Å². The maximum absolute atomic E-state index is 5.88. The minimum atomic E-state index is 0.755. The summed E-state index contributed by atoms with van der Waals surface area (Å²) in [4.78, 5) is 0. The van der Waals surface area contributed by atoms with E-state index >= 15 is 0 Å². The number of furan rings is 1. The van der Waals surface area contributed by atoms with E-state index in [1.165, 1.54) is 11.1 Å². The van der Waals surface area contributed by atoms with Crippen molar-refractivity contribution in [3.8, 4) is 11.1 Å². The molecule has 0 aliphatic rings. The summed E-state index contributed by atoms with van der Waals surface area (Å²) in [7, 11) is 5.88. The molecule has 0 aliphatic carbocycles. The van der Waals surface area contributed by atoms with Gasteiger partial charge in [0.1, 0.15) is 19.0 Å². The third-order valence-electron chi connectivity index (χ3n) is 3.60. The number of hydrogen-bond donors (Lipinski definition) is 0.